The molecule has 2 N–H and O–H groups in total. The molecule has 0 spiro atoms. The quantitative estimate of drug-likeness (QED) is 0.124. The first-order valence-corrected chi connectivity index (χ1v) is 25.3. The summed E-state index contributed by atoms with van der Waals surface area (Å²) in [5.74, 6) is 3.19. The third-order valence-corrected chi connectivity index (χ3v) is 21.7. The molecule has 20 atom stereocenters. The highest BCUT2D eigenvalue weighted by molar-refractivity contribution is 6.29. The molecule has 0 radical (unpaired) electrons. The number of ether oxygens (including phenoxy) is 4. The van der Waals surface area contributed by atoms with Crippen molar-refractivity contribution >= 4 is 23.9 Å². The van der Waals surface area contributed by atoms with Gasteiger partial charge in [-0.1, -0.05) is 41.5 Å². The highest BCUT2D eigenvalue weighted by Gasteiger charge is 2.66. The predicted molar refractivity (Wildman–Crippen MR) is 234 cm³/mol. The van der Waals surface area contributed by atoms with E-state index in [1.165, 1.54) is 14.2 Å². The van der Waals surface area contributed by atoms with Gasteiger partial charge in [0.05, 0.1) is 26.4 Å². The lowest BCUT2D eigenvalue weighted by atomic mass is 9.43. The number of methoxy groups -OCH3 is 2. The second-order valence-electron chi connectivity index (χ2n) is 23.7. The Morgan fingerprint density at radius 2 is 0.919 bits per heavy atom. The molecular weight excluding hydrogens is 785 g/mol. The lowest BCUT2D eigenvalue weighted by molar-refractivity contribution is -0.192. The maximum atomic E-state index is 13.4. The lowest BCUT2D eigenvalue weighted by Gasteiger charge is -2.62. The van der Waals surface area contributed by atoms with E-state index in [0.717, 1.165) is 116 Å². The van der Waals surface area contributed by atoms with Crippen LogP contribution in [0.5, 0.6) is 0 Å². The summed E-state index contributed by atoms with van der Waals surface area (Å²) in [6, 6.07) is 0. The minimum atomic E-state index is -0.849. The first-order chi connectivity index (χ1) is 29.4. The van der Waals surface area contributed by atoms with E-state index in [4.69, 9.17) is 18.9 Å². The Bertz CT molecular complexity index is 1560. The van der Waals surface area contributed by atoms with Crippen LogP contribution in [-0.4, -0.2) is 72.7 Å². The SMILES string of the molecule is COC(=O)CC[C@@H](C)[C@H]1CCC2C3CC[C@@H]4C[C@H](OC(=O)C(=O)O[C@@H]5CC[C@]6(C)C7C[C@H](O)[C@@]8(C)C(CC[C@@H]8[C@H](C)CCC(=O)OC)C7CC[C@@H]6C5)CC[C@]4(C)C3C[C@H](O)[C@@]21C. The van der Waals surface area contributed by atoms with Gasteiger partial charge in [-0.3, -0.25) is 9.59 Å². The fourth-order valence-corrected chi connectivity index (χ4v) is 18.2. The molecule has 0 bridgehead atoms. The number of esters is 4. The Labute approximate surface area is 372 Å². The molecule has 10 heteroatoms. The van der Waals surface area contributed by atoms with Crippen molar-refractivity contribution in [1.82, 2.24) is 0 Å². The second kappa shape index (κ2) is 17.5. The van der Waals surface area contributed by atoms with E-state index in [2.05, 4.69) is 41.5 Å². The molecule has 0 aromatic carbocycles. The molecule has 0 amide bonds. The van der Waals surface area contributed by atoms with Crippen LogP contribution in [-0.2, 0) is 38.1 Å². The largest absolute Gasteiger partial charge is 0.469 e. The Morgan fingerprint density at radius 3 is 1.29 bits per heavy atom. The van der Waals surface area contributed by atoms with Gasteiger partial charge in [-0.05, 0) is 208 Å². The van der Waals surface area contributed by atoms with Crippen LogP contribution in [0.3, 0.4) is 0 Å². The zero-order valence-electron chi connectivity index (χ0n) is 39.5. The molecule has 10 nitrogen and oxygen atoms in total. The molecule has 0 heterocycles. The van der Waals surface area contributed by atoms with Crippen molar-refractivity contribution in [2.24, 2.45) is 92.7 Å². The molecule has 8 saturated carbocycles. The Hall–Kier alpha value is -2.20. The van der Waals surface area contributed by atoms with E-state index >= 15 is 0 Å². The average Bonchev–Trinajstić information content (AvgIpc) is 3.81. The van der Waals surface area contributed by atoms with Crippen LogP contribution in [0.15, 0.2) is 0 Å². The second-order valence-corrected chi connectivity index (χ2v) is 23.7. The number of hydrogen-bond acceptors (Lipinski definition) is 10. The number of aliphatic hydroxyl groups excluding tert-OH is 2. The zero-order valence-corrected chi connectivity index (χ0v) is 39.5. The molecule has 0 saturated heterocycles. The van der Waals surface area contributed by atoms with Gasteiger partial charge in [0.15, 0.2) is 0 Å². The van der Waals surface area contributed by atoms with Crippen molar-refractivity contribution in [2.75, 3.05) is 14.2 Å². The molecule has 8 rings (SSSR count). The van der Waals surface area contributed by atoms with Gasteiger partial charge in [0.2, 0.25) is 0 Å². The van der Waals surface area contributed by atoms with Crippen molar-refractivity contribution in [3.63, 3.8) is 0 Å². The van der Waals surface area contributed by atoms with Gasteiger partial charge in [0, 0.05) is 12.8 Å². The smallest absolute Gasteiger partial charge is 0.417 e. The van der Waals surface area contributed by atoms with Crippen molar-refractivity contribution in [3.8, 4) is 0 Å². The summed E-state index contributed by atoms with van der Waals surface area (Å²) in [6.45, 7) is 14.1. The van der Waals surface area contributed by atoms with Gasteiger partial charge >= 0.3 is 23.9 Å². The van der Waals surface area contributed by atoms with Crippen molar-refractivity contribution in [2.45, 2.75) is 194 Å². The molecule has 350 valence electrons. The summed E-state index contributed by atoms with van der Waals surface area (Å²) >= 11 is 0. The highest BCUT2D eigenvalue weighted by Crippen LogP contribution is 2.70. The fraction of sp³-hybridized carbons (Fsp3) is 0.923. The van der Waals surface area contributed by atoms with E-state index in [-0.39, 0.29) is 58.0 Å². The predicted octanol–water partition coefficient (Wildman–Crippen LogP) is 9.25. The number of aliphatic hydroxyl groups is 2. The van der Waals surface area contributed by atoms with E-state index < -0.39 is 11.9 Å². The van der Waals surface area contributed by atoms with Crippen molar-refractivity contribution in [3.05, 3.63) is 0 Å². The van der Waals surface area contributed by atoms with Gasteiger partial charge in [-0.15, -0.1) is 0 Å². The van der Waals surface area contributed by atoms with Crippen LogP contribution < -0.4 is 0 Å². The lowest BCUT2D eigenvalue weighted by Crippen LogP contribution is -2.59. The normalized spacial score (nSPS) is 47.8. The molecule has 0 aliphatic heterocycles. The number of carbonyl (C=O) groups excluding carboxylic acids is 4. The molecule has 8 aliphatic carbocycles. The fourth-order valence-electron chi connectivity index (χ4n) is 18.2. The Morgan fingerprint density at radius 1 is 0.532 bits per heavy atom. The van der Waals surface area contributed by atoms with E-state index in [9.17, 15) is 29.4 Å². The van der Waals surface area contributed by atoms with Crippen LogP contribution in [0, 0.1) is 92.7 Å². The van der Waals surface area contributed by atoms with Crippen LogP contribution in [0.4, 0.5) is 0 Å². The number of hydrogen-bond donors (Lipinski definition) is 2. The first kappa shape index (κ1) is 46.3. The Balaban J connectivity index is 0.828. The minimum absolute atomic E-state index is 0.0631. The molecule has 8 aliphatic rings. The van der Waals surface area contributed by atoms with Crippen LogP contribution in [0.2, 0.25) is 0 Å². The monoisotopic (exact) mass is 867 g/mol. The maximum Gasteiger partial charge on any atom is 0.417 e. The van der Waals surface area contributed by atoms with Crippen LogP contribution in [0.25, 0.3) is 0 Å². The van der Waals surface area contributed by atoms with Crippen molar-refractivity contribution < 1.29 is 48.3 Å². The molecule has 62 heavy (non-hydrogen) atoms. The summed E-state index contributed by atoms with van der Waals surface area (Å²) in [5, 5.41) is 24.0. The molecule has 8 fully saturated rings. The zero-order chi connectivity index (χ0) is 44.5. The molecule has 6 unspecified atom stereocenters. The third-order valence-electron chi connectivity index (χ3n) is 21.7. The summed E-state index contributed by atoms with van der Waals surface area (Å²) in [7, 11) is 2.90. The van der Waals surface area contributed by atoms with Gasteiger partial charge in [0.25, 0.3) is 0 Å². The van der Waals surface area contributed by atoms with E-state index in [1.807, 2.05) is 0 Å². The number of fused-ring (bicyclic) bond motifs is 10. The average molecular weight is 867 g/mol. The minimum Gasteiger partial charge on any atom is -0.469 e. The van der Waals surface area contributed by atoms with Gasteiger partial charge < -0.3 is 29.2 Å². The summed E-state index contributed by atoms with van der Waals surface area (Å²) in [4.78, 5) is 50.7. The highest BCUT2D eigenvalue weighted by atomic mass is 16.6. The van der Waals surface area contributed by atoms with Gasteiger partial charge in [0.1, 0.15) is 12.2 Å². The van der Waals surface area contributed by atoms with E-state index in [0.29, 0.717) is 83.9 Å². The number of carbonyl (C=O) groups is 4. The van der Waals surface area contributed by atoms with Crippen molar-refractivity contribution in [1.29, 1.82) is 0 Å². The topological polar surface area (TPSA) is 146 Å². The molecule has 0 aromatic rings. The maximum absolute atomic E-state index is 13.4. The molecular formula is C52H82O10. The number of rotatable bonds is 10. The summed E-state index contributed by atoms with van der Waals surface area (Å²) in [6.07, 6.45) is 16.5. The summed E-state index contributed by atoms with van der Waals surface area (Å²) in [5.41, 5.74) is -0.156. The van der Waals surface area contributed by atoms with Crippen LogP contribution >= 0.6 is 0 Å². The third kappa shape index (κ3) is 7.68. The van der Waals surface area contributed by atoms with Gasteiger partial charge in [-0.2, -0.15) is 0 Å². The summed E-state index contributed by atoms with van der Waals surface area (Å²) < 4.78 is 21.8. The Kier molecular flexibility index (Phi) is 13.1. The molecule has 0 aromatic heterocycles. The first-order valence-electron chi connectivity index (χ1n) is 25.3. The van der Waals surface area contributed by atoms with Gasteiger partial charge in [-0.25, -0.2) is 9.59 Å². The van der Waals surface area contributed by atoms with E-state index in [1.54, 1.807) is 0 Å². The standard InChI is InChI=1S/C52H82O10/c1-29(9-19-45(55)59-7)37-15-17-39-35-13-11-31-25-33(21-23-49(31,3)41(35)27-43(53)51(37,39)5)61-47(57)48(58)62-34-22-24-50(4)32(26-34)12-14-36-40-18-16-38(30(2)10-20-46(56)60-8)52(40,6)44(54)28-42(36)50/h29-44,53-54H,9-28H2,1-8H3/t29-,30-,31-,32-,33-,34-,35?,36?,37-,38-,39?,40?,41?,42?,43+,44+,49+,50+,51-,52-/m1/s1. The van der Waals surface area contributed by atoms with Crippen LogP contribution in [0.1, 0.15) is 170 Å².